The van der Waals surface area contributed by atoms with Crippen molar-refractivity contribution in [1.82, 2.24) is 89.7 Å². The Kier molecular flexibility index (Phi) is 46.8. The van der Waals surface area contributed by atoms with E-state index in [4.69, 9.17) is 34.4 Å². The molecule has 32 N–H and O–H groups in total. The van der Waals surface area contributed by atoms with Crippen LogP contribution in [0.25, 0.3) is 21.8 Å². The lowest BCUT2D eigenvalue weighted by molar-refractivity contribution is -0.145. The van der Waals surface area contributed by atoms with E-state index in [9.17, 15) is 102 Å². The second-order valence-corrected chi connectivity index (χ2v) is 36.0. The molecule has 142 heavy (non-hydrogen) atoms. The number of thiol groups is 2. The van der Waals surface area contributed by atoms with Crippen molar-refractivity contribution in [2.75, 3.05) is 18.1 Å². The number of aliphatic hydroxyl groups excluding tert-OH is 1. The number of benzene rings is 4. The number of unbranched alkanes of at least 4 members (excludes halogenated alkanes) is 1. The summed E-state index contributed by atoms with van der Waals surface area (Å²) in [5.41, 5.74) is 37.2. The molecule has 2 aromatic heterocycles. The van der Waals surface area contributed by atoms with Crippen molar-refractivity contribution in [2.45, 2.75) is 241 Å². The predicted octanol–water partition coefficient (Wildman–Crippen LogP) is -5.30. The normalized spacial score (nSPS) is 14.9. The fraction of sp³-hybridized carbons (Fsp3) is 0.473. The highest BCUT2D eigenvalue weighted by atomic mass is 32.1. The number of rotatable bonds is 61. The molecule has 6 rings (SSSR count). The summed E-state index contributed by atoms with van der Waals surface area (Å²) in [5, 5.41) is 68.2. The van der Waals surface area contributed by atoms with Crippen LogP contribution in [0.4, 0.5) is 0 Å². The van der Waals surface area contributed by atoms with Crippen molar-refractivity contribution in [2.24, 2.45) is 52.2 Å². The molecule has 772 valence electrons. The van der Waals surface area contributed by atoms with Crippen molar-refractivity contribution >= 4 is 171 Å². The number of primary amides is 4. The van der Waals surface area contributed by atoms with Crippen LogP contribution in [0, 0.1) is 17.8 Å². The van der Waals surface area contributed by atoms with Gasteiger partial charge in [0.2, 0.25) is 112 Å². The number of H-pyrrole nitrogens is 2. The minimum atomic E-state index is -2.04. The molecule has 0 fully saturated rings. The summed E-state index contributed by atoms with van der Waals surface area (Å²) in [5.74, 6) is -27.1. The standard InChI is InChI=1S/C93H129N23O24S2/c1-45(2)32-60(105-86(132)66(39-73(99)121)110-90(136)69(44-142)113-91(137)75(46(3)4)114-87(133)64(104-78(124)55(95)37-71(97)119)36-52-42-101-57-27-17-15-25-54(52)57)81(127)106-61(33-49-20-10-8-11-21-49)82(128)102-58(28-18-19-31-94)79(125)109-65(38-72(98)120)85(131)103-59(29-30-70(96)118)80(126)108-63(35-51-41-100-56-26-16-14-24-53(51)56)84(130)107-62(34-50-22-12-9-13-23-50)83(129)112-68(43-141)89(135)111-67(40-74(122)123)88(134)116-77(48(7)117)92(138)115-76(47(5)6)93(139)140/h8-17,20-27,41-42,45-48,55,58-69,75-77,100-101,117,141-142H,18-19,28-40,43-44,94-95H2,1-7H3,(H2,96,118)(H2,97,119)(H2,98,120)(H2,99,121)(H,102,128)(H,103,131)(H,104,124)(H,105,132)(H,106,127)(H,107,130)(H,108,126)(H,109,125)(H,110,136)(H,111,135)(H,112,129)(H,113,137)(H,114,133)(H,115,138)(H,116,134)(H,122,123)(H,139,140)/t48-,55+,58+,59+,60+,61+,62+,63+,64+,65+,66+,67+,68+,69+,75+,76+,77+/m1/s1. The smallest absolute Gasteiger partial charge is 0.326 e. The number of nitrogens with two attached hydrogens (primary N) is 6. The van der Waals surface area contributed by atoms with Crippen molar-refractivity contribution in [1.29, 1.82) is 0 Å². The summed E-state index contributed by atoms with van der Waals surface area (Å²) < 4.78 is 0. The lowest BCUT2D eigenvalue weighted by Crippen LogP contribution is -2.62. The Bertz CT molecular complexity index is 5450. The van der Waals surface area contributed by atoms with Crippen LogP contribution in [-0.2, 0) is 126 Å². The number of carboxylic acids is 2. The Hall–Kier alpha value is -14.6. The van der Waals surface area contributed by atoms with Gasteiger partial charge in [0.25, 0.3) is 0 Å². The summed E-state index contributed by atoms with van der Waals surface area (Å²) in [6, 6.07) is 2.50. The monoisotopic (exact) mass is 2020 g/mol. The Morgan fingerprint density at radius 3 is 1.04 bits per heavy atom. The first kappa shape index (κ1) is 116. The molecule has 0 aliphatic heterocycles. The quantitative estimate of drug-likeness (QED) is 0.0125. The Morgan fingerprint density at radius 1 is 0.331 bits per heavy atom. The number of carbonyl (C=O) groups is 21. The summed E-state index contributed by atoms with van der Waals surface area (Å²) >= 11 is 8.53. The SMILES string of the molecule is CC(C)C[C@H](NC(=O)[C@H](CC(N)=O)NC(=O)[C@H](CS)NC(=O)[C@@H](NC(=O)[C@H](Cc1c[nH]c2ccccc12)NC(=O)[C@@H](N)CC(N)=O)C(C)C)C(=O)N[C@@H](Cc1ccccc1)C(=O)N[C@@H](CCCCN)C(=O)N[C@@H](CC(N)=O)C(=O)N[C@@H](CCC(N)=O)C(=O)N[C@@H](Cc1c[nH]c2ccccc12)C(=O)N[C@@H](Cc1ccccc1)C(=O)N[C@@H](CS)C(=O)N[C@@H](CC(=O)O)C(=O)N[C@H](C(=O)N[C@H](C(=O)O)C(C)C)[C@@H](C)O. The second-order valence-electron chi connectivity index (χ2n) is 35.3. The van der Waals surface area contributed by atoms with Gasteiger partial charge in [-0.05, 0) is 97.7 Å². The van der Waals surface area contributed by atoms with Crippen LogP contribution in [0.5, 0.6) is 0 Å². The Morgan fingerprint density at radius 2 is 0.648 bits per heavy atom. The largest absolute Gasteiger partial charge is 0.481 e. The van der Waals surface area contributed by atoms with Gasteiger partial charge in [0.05, 0.1) is 37.8 Å². The summed E-state index contributed by atoms with van der Waals surface area (Å²) in [6.45, 7) is 10.5. The molecule has 47 nitrogen and oxygen atoms in total. The first-order valence-electron chi connectivity index (χ1n) is 45.8. The highest BCUT2D eigenvalue weighted by molar-refractivity contribution is 7.80. The highest BCUT2D eigenvalue weighted by Gasteiger charge is 2.42. The molecular weight excluding hydrogens is 1890 g/mol. The Balaban J connectivity index is 1.24. The van der Waals surface area contributed by atoms with Gasteiger partial charge in [0.1, 0.15) is 90.6 Å². The second kappa shape index (κ2) is 57.2. The van der Waals surface area contributed by atoms with Gasteiger partial charge in [0.15, 0.2) is 0 Å². The molecule has 17 atom stereocenters. The average Bonchev–Trinajstić information content (AvgIpc) is 1.57. The van der Waals surface area contributed by atoms with Crippen LogP contribution in [0.2, 0.25) is 0 Å². The van der Waals surface area contributed by atoms with E-state index in [1.807, 2.05) is 0 Å². The van der Waals surface area contributed by atoms with E-state index in [2.05, 4.69) is 115 Å². The maximum Gasteiger partial charge on any atom is 0.326 e. The topological polar surface area (TPSA) is 787 Å². The van der Waals surface area contributed by atoms with Crippen LogP contribution in [0.1, 0.15) is 135 Å². The number of carbonyl (C=O) groups excluding carboxylic acids is 19. The van der Waals surface area contributed by atoms with Gasteiger partial charge in [0, 0.05) is 77.8 Å². The minimum Gasteiger partial charge on any atom is -0.481 e. The van der Waals surface area contributed by atoms with Crippen LogP contribution in [-0.4, -0.2) is 270 Å². The minimum absolute atomic E-state index is 0.0598. The average molecular weight is 2020 g/mol. The zero-order valence-corrected chi connectivity index (χ0v) is 81.2. The predicted molar refractivity (Wildman–Crippen MR) is 522 cm³/mol. The molecule has 0 spiro atoms. The fourth-order valence-corrected chi connectivity index (χ4v) is 15.5. The molecular formula is C93H129N23O24S2. The van der Waals surface area contributed by atoms with Crippen molar-refractivity contribution in [3.8, 4) is 0 Å². The molecule has 0 saturated heterocycles. The van der Waals surface area contributed by atoms with Crippen molar-refractivity contribution in [3.05, 3.63) is 144 Å². The number of carboxylic acid groups (broad SMARTS) is 2. The highest BCUT2D eigenvalue weighted by Crippen LogP contribution is 2.23. The van der Waals surface area contributed by atoms with Gasteiger partial charge in [-0.3, -0.25) is 95.9 Å². The molecule has 49 heteroatoms. The zero-order chi connectivity index (χ0) is 105. The van der Waals surface area contributed by atoms with Gasteiger partial charge >= 0.3 is 11.9 Å². The third-order valence-corrected chi connectivity index (χ3v) is 23.3. The van der Waals surface area contributed by atoms with E-state index in [-0.39, 0.29) is 51.5 Å². The van der Waals surface area contributed by atoms with E-state index in [1.165, 1.54) is 20.0 Å². The number of aromatic amines is 2. The number of aliphatic hydroxyl groups is 1. The number of fused-ring (bicyclic) bond motifs is 2. The van der Waals surface area contributed by atoms with Gasteiger partial charge in [-0.2, -0.15) is 25.3 Å². The van der Waals surface area contributed by atoms with Crippen LogP contribution in [0.3, 0.4) is 0 Å². The molecule has 0 unspecified atom stereocenters. The number of aliphatic carboxylic acids is 2. The molecule has 19 amide bonds. The van der Waals surface area contributed by atoms with Gasteiger partial charge < -0.3 is 139 Å². The van der Waals surface area contributed by atoms with Gasteiger partial charge in [-0.1, -0.05) is 139 Å². The summed E-state index contributed by atoms with van der Waals surface area (Å²) in [6.07, 6.45) is -4.86. The molecule has 0 aliphatic rings. The summed E-state index contributed by atoms with van der Waals surface area (Å²) in [7, 11) is 0. The lowest BCUT2D eigenvalue weighted by atomic mass is 9.99. The third kappa shape index (κ3) is 37.5. The molecule has 6 aromatic rings. The fourth-order valence-electron chi connectivity index (χ4n) is 15.0. The number of hydrogen-bond donors (Lipinski definition) is 28. The first-order valence-corrected chi connectivity index (χ1v) is 47.1. The van der Waals surface area contributed by atoms with E-state index >= 15 is 14.4 Å². The summed E-state index contributed by atoms with van der Waals surface area (Å²) in [4.78, 5) is 297. The van der Waals surface area contributed by atoms with E-state index in [1.54, 1.807) is 143 Å². The molecule has 0 aliphatic carbocycles. The maximum absolute atomic E-state index is 15.2. The van der Waals surface area contributed by atoms with Gasteiger partial charge in [-0.25, -0.2) is 4.79 Å². The van der Waals surface area contributed by atoms with E-state index in [0.29, 0.717) is 44.1 Å². The molecule has 2 heterocycles. The lowest BCUT2D eigenvalue weighted by Gasteiger charge is -2.29. The number of hydrogen-bond acceptors (Lipinski definition) is 26. The Labute approximate surface area is 827 Å². The van der Waals surface area contributed by atoms with Gasteiger partial charge in [-0.15, -0.1) is 0 Å². The first-order chi connectivity index (χ1) is 67.1. The number of para-hydroxylation sites is 2. The number of aromatic nitrogens is 2. The number of amides is 19. The third-order valence-electron chi connectivity index (χ3n) is 22.5. The maximum atomic E-state index is 15.2. The molecule has 4 aromatic carbocycles. The van der Waals surface area contributed by atoms with E-state index < -0.39 is 301 Å². The van der Waals surface area contributed by atoms with Crippen molar-refractivity contribution < 1.29 is 116 Å². The van der Waals surface area contributed by atoms with E-state index in [0.717, 1.165) is 6.92 Å². The number of nitrogens with one attached hydrogen (secondary N) is 17. The van der Waals surface area contributed by atoms with Crippen molar-refractivity contribution in [3.63, 3.8) is 0 Å². The van der Waals surface area contributed by atoms with Crippen LogP contribution < -0.4 is 114 Å². The zero-order valence-electron chi connectivity index (χ0n) is 79.4. The molecule has 0 bridgehead atoms. The molecule has 0 saturated carbocycles. The van der Waals surface area contributed by atoms with Crippen LogP contribution >= 0.6 is 25.3 Å². The molecule has 0 radical (unpaired) electrons. The van der Waals surface area contributed by atoms with Crippen LogP contribution in [0.15, 0.2) is 122 Å².